The Labute approximate surface area is 116 Å². The summed E-state index contributed by atoms with van der Waals surface area (Å²) in [5, 5.41) is 3.32. The molecule has 5 heteroatoms. The third kappa shape index (κ3) is 5.87. The van der Waals surface area contributed by atoms with Gasteiger partial charge in [0.15, 0.2) is 0 Å². The quantitative estimate of drug-likeness (QED) is 0.771. The van der Waals surface area contributed by atoms with E-state index in [9.17, 15) is 0 Å². The Morgan fingerprint density at radius 3 is 2.47 bits per heavy atom. The number of aromatic nitrogens is 2. The molecule has 1 heterocycles. The van der Waals surface area contributed by atoms with Gasteiger partial charge < -0.3 is 16.0 Å². The van der Waals surface area contributed by atoms with Gasteiger partial charge in [-0.1, -0.05) is 20.8 Å². The van der Waals surface area contributed by atoms with Crippen molar-refractivity contribution in [3.63, 3.8) is 0 Å². The van der Waals surface area contributed by atoms with Crippen LogP contribution in [0, 0.1) is 0 Å². The number of rotatable bonds is 6. The number of nitrogens with one attached hydrogen (secondary N) is 1. The van der Waals surface area contributed by atoms with Crippen LogP contribution in [0.25, 0.3) is 0 Å². The molecule has 1 rings (SSSR count). The fraction of sp³-hybridized carbons (Fsp3) is 0.714. The van der Waals surface area contributed by atoms with Crippen LogP contribution in [0.1, 0.15) is 39.4 Å². The molecule has 0 aliphatic carbocycles. The second-order valence-electron chi connectivity index (χ2n) is 6.19. The summed E-state index contributed by atoms with van der Waals surface area (Å²) in [5.74, 6) is 2.13. The topological polar surface area (TPSA) is 67.1 Å². The summed E-state index contributed by atoms with van der Waals surface area (Å²) < 4.78 is 0. The molecule has 0 aliphatic rings. The molecule has 0 saturated carbocycles. The molecule has 0 unspecified atom stereocenters. The molecule has 108 valence electrons. The van der Waals surface area contributed by atoms with E-state index in [1.807, 2.05) is 0 Å². The van der Waals surface area contributed by atoms with Gasteiger partial charge in [-0.25, -0.2) is 9.97 Å². The summed E-state index contributed by atoms with van der Waals surface area (Å²) in [6, 6.07) is 1.79. The van der Waals surface area contributed by atoms with E-state index >= 15 is 0 Å². The van der Waals surface area contributed by atoms with Crippen LogP contribution in [0.5, 0.6) is 0 Å². The Bertz CT molecular complexity index is 395. The number of nitrogen functional groups attached to an aromatic ring is 1. The Hall–Kier alpha value is -1.36. The van der Waals surface area contributed by atoms with Crippen LogP contribution >= 0.6 is 0 Å². The molecular weight excluding hydrogens is 238 g/mol. The van der Waals surface area contributed by atoms with Crippen LogP contribution in [-0.4, -0.2) is 42.1 Å². The van der Waals surface area contributed by atoms with Gasteiger partial charge in [0, 0.05) is 18.0 Å². The molecule has 0 fully saturated rings. The van der Waals surface area contributed by atoms with E-state index in [0.29, 0.717) is 5.82 Å². The van der Waals surface area contributed by atoms with Crippen molar-refractivity contribution in [3.8, 4) is 0 Å². The Morgan fingerprint density at radius 2 is 1.89 bits per heavy atom. The summed E-state index contributed by atoms with van der Waals surface area (Å²) in [5.41, 5.74) is 5.74. The van der Waals surface area contributed by atoms with Crippen LogP contribution in [-0.2, 0) is 5.41 Å². The van der Waals surface area contributed by atoms with Gasteiger partial charge in [0.2, 0.25) is 0 Å². The summed E-state index contributed by atoms with van der Waals surface area (Å²) in [7, 11) is 4.18. The highest BCUT2D eigenvalue weighted by molar-refractivity contribution is 5.45. The van der Waals surface area contributed by atoms with Crippen molar-refractivity contribution in [2.75, 3.05) is 38.2 Å². The zero-order valence-electron chi connectivity index (χ0n) is 12.8. The normalized spacial score (nSPS) is 11.9. The lowest BCUT2D eigenvalue weighted by atomic mass is 9.96. The lowest BCUT2D eigenvalue weighted by Crippen LogP contribution is -2.18. The van der Waals surface area contributed by atoms with Gasteiger partial charge in [-0.2, -0.15) is 0 Å². The molecule has 0 amide bonds. The van der Waals surface area contributed by atoms with Gasteiger partial charge in [0.1, 0.15) is 17.5 Å². The molecule has 0 aliphatic heterocycles. The maximum atomic E-state index is 5.83. The fourth-order valence-corrected chi connectivity index (χ4v) is 1.66. The monoisotopic (exact) mass is 265 g/mol. The minimum atomic E-state index is -0.0866. The molecule has 5 nitrogen and oxygen atoms in total. The summed E-state index contributed by atoms with van der Waals surface area (Å²) in [4.78, 5) is 11.0. The Kier molecular flexibility index (Phi) is 5.54. The van der Waals surface area contributed by atoms with Crippen molar-refractivity contribution in [3.05, 3.63) is 11.9 Å². The Balaban J connectivity index is 2.52. The SMILES string of the molecule is CN(C)CCCCNc1cc(N)nc(C(C)(C)C)n1. The highest BCUT2D eigenvalue weighted by atomic mass is 15.1. The molecule has 3 N–H and O–H groups in total. The first-order chi connectivity index (χ1) is 8.79. The van der Waals surface area contributed by atoms with Gasteiger partial charge in [0.05, 0.1) is 0 Å². The lowest BCUT2D eigenvalue weighted by molar-refractivity contribution is 0.396. The van der Waals surface area contributed by atoms with Crippen molar-refractivity contribution < 1.29 is 0 Å². The van der Waals surface area contributed by atoms with E-state index in [4.69, 9.17) is 5.73 Å². The number of hydrogen-bond acceptors (Lipinski definition) is 5. The second-order valence-corrected chi connectivity index (χ2v) is 6.19. The van der Waals surface area contributed by atoms with Crippen molar-refractivity contribution >= 4 is 11.6 Å². The van der Waals surface area contributed by atoms with E-state index in [0.717, 1.165) is 31.2 Å². The van der Waals surface area contributed by atoms with Crippen molar-refractivity contribution in [2.45, 2.75) is 39.0 Å². The van der Waals surface area contributed by atoms with Crippen molar-refractivity contribution in [2.24, 2.45) is 0 Å². The summed E-state index contributed by atoms with van der Waals surface area (Å²) in [6.07, 6.45) is 2.29. The van der Waals surface area contributed by atoms with Crippen LogP contribution in [0.4, 0.5) is 11.6 Å². The van der Waals surface area contributed by atoms with Gasteiger partial charge in [-0.3, -0.25) is 0 Å². The maximum absolute atomic E-state index is 5.83. The van der Waals surface area contributed by atoms with Gasteiger partial charge in [-0.05, 0) is 33.5 Å². The summed E-state index contributed by atoms with van der Waals surface area (Å²) in [6.45, 7) is 8.28. The van der Waals surface area contributed by atoms with E-state index in [1.54, 1.807) is 6.07 Å². The van der Waals surface area contributed by atoms with Crippen LogP contribution in [0.15, 0.2) is 6.07 Å². The van der Waals surface area contributed by atoms with E-state index in [1.165, 1.54) is 6.42 Å². The molecule has 1 aromatic rings. The molecule has 0 bridgehead atoms. The van der Waals surface area contributed by atoms with E-state index < -0.39 is 0 Å². The predicted molar refractivity (Wildman–Crippen MR) is 81.4 cm³/mol. The molecule has 0 aromatic carbocycles. The lowest BCUT2D eigenvalue weighted by Gasteiger charge is -2.18. The standard InChI is InChI=1S/C14H27N5/c1-14(2,3)13-17-11(15)10-12(18-13)16-8-6-7-9-19(4)5/h10H,6-9H2,1-5H3,(H3,15,16,17,18). The zero-order chi connectivity index (χ0) is 14.5. The number of hydrogen-bond donors (Lipinski definition) is 2. The number of unbranched alkanes of at least 4 members (excludes halogenated alkanes) is 1. The van der Waals surface area contributed by atoms with Crippen molar-refractivity contribution in [1.82, 2.24) is 14.9 Å². The molecule has 0 spiro atoms. The average Bonchev–Trinajstić information content (AvgIpc) is 2.26. The van der Waals surface area contributed by atoms with Gasteiger partial charge >= 0.3 is 0 Å². The first kappa shape index (κ1) is 15.7. The van der Waals surface area contributed by atoms with E-state index in [2.05, 4.69) is 55.1 Å². The smallest absolute Gasteiger partial charge is 0.138 e. The number of anilines is 2. The third-order valence-corrected chi connectivity index (χ3v) is 2.75. The largest absolute Gasteiger partial charge is 0.384 e. The third-order valence-electron chi connectivity index (χ3n) is 2.75. The average molecular weight is 265 g/mol. The maximum Gasteiger partial charge on any atom is 0.138 e. The zero-order valence-corrected chi connectivity index (χ0v) is 12.8. The molecule has 19 heavy (non-hydrogen) atoms. The molecule has 0 atom stereocenters. The molecular formula is C14H27N5. The molecule has 1 aromatic heterocycles. The minimum absolute atomic E-state index is 0.0866. The van der Waals surface area contributed by atoms with E-state index in [-0.39, 0.29) is 5.41 Å². The van der Waals surface area contributed by atoms with Gasteiger partial charge in [0.25, 0.3) is 0 Å². The Morgan fingerprint density at radius 1 is 1.21 bits per heavy atom. The number of nitrogens with two attached hydrogens (primary N) is 1. The molecule has 0 saturated heterocycles. The first-order valence-electron chi connectivity index (χ1n) is 6.82. The van der Waals surface area contributed by atoms with Gasteiger partial charge in [-0.15, -0.1) is 0 Å². The predicted octanol–water partition coefficient (Wildman–Crippen LogP) is 2.11. The second kappa shape index (κ2) is 6.70. The first-order valence-corrected chi connectivity index (χ1v) is 6.82. The number of nitrogens with zero attached hydrogens (tertiary/aromatic N) is 3. The fourth-order valence-electron chi connectivity index (χ4n) is 1.66. The van der Waals surface area contributed by atoms with Crippen LogP contribution in [0.2, 0.25) is 0 Å². The molecule has 0 radical (unpaired) electrons. The highest BCUT2D eigenvalue weighted by Gasteiger charge is 2.18. The minimum Gasteiger partial charge on any atom is -0.384 e. The van der Waals surface area contributed by atoms with Crippen LogP contribution < -0.4 is 11.1 Å². The highest BCUT2D eigenvalue weighted by Crippen LogP contribution is 2.21. The summed E-state index contributed by atoms with van der Waals surface area (Å²) >= 11 is 0. The van der Waals surface area contributed by atoms with Crippen molar-refractivity contribution in [1.29, 1.82) is 0 Å². The van der Waals surface area contributed by atoms with Crippen LogP contribution in [0.3, 0.4) is 0 Å².